The minimum Gasteiger partial charge on any atom is -0.464 e. The molecule has 1 atom stereocenters. The molecule has 0 aromatic heterocycles. The first-order valence-corrected chi connectivity index (χ1v) is 4.64. The van der Waals surface area contributed by atoms with Gasteiger partial charge in [0.05, 0.1) is 6.61 Å². The van der Waals surface area contributed by atoms with Gasteiger partial charge in [-0.2, -0.15) is 10.2 Å². The Bertz CT molecular complexity index is 305. The summed E-state index contributed by atoms with van der Waals surface area (Å²) in [7, 11) is 0. The van der Waals surface area contributed by atoms with E-state index in [1.807, 2.05) is 6.92 Å². The zero-order valence-corrected chi connectivity index (χ0v) is 8.12. The number of carbonyl (C=O) groups excluding carboxylic acids is 1. The van der Waals surface area contributed by atoms with Crippen LogP contribution < -0.4 is 5.32 Å². The molecule has 0 saturated carbocycles. The Morgan fingerprint density at radius 2 is 2.50 bits per heavy atom. The zero-order valence-electron chi connectivity index (χ0n) is 8.12. The maximum Gasteiger partial charge on any atom is 0.328 e. The van der Waals surface area contributed by atoms with Gasteiger partial charge in [0.25, 0.3) is 0 Å². The van der Waals surface area contributed by atoms with Crippen molar-refractivity contribution in [2.24, 2.45) is 10.2 Å². The molecule has 5 nitrogen and oxygen atoms in total. The van der Waals surface area contributed by atoms with Crippen LogP contribution in [0.5, 0.6) is 0 Å². The highest BCUT2D eigenvalue weighted by molar-refractivity contribution is 5.77. The fourth-order valence-electron chi connectivity index (χ4n) is 1.48. The maximum absolute atomic E-state index is 11.1. The van der Waals surface area contributed by atoms with Gasteiger partial charge < -0.3 is 10.1 Å². The summed E-state index contributed by atoms with van der Waals surface area (Å²) >= 11 is 0. The number of nitrogens with one attached hydrogen (secondary N) is 1. The maximum atomic E-state index is 11.1. The molecule has 0 aliphatic carbocycles. The van der Waals surface area contributed by atoms with Crippen molar-refractivity contribution in [3.05, 3.63) is 12.3 Å². The number of ether oxygens (including phenoxy) is 1. The van der Waals surface area contributed by atoms with E-state index < -0.39 is 0 Å². The van der Waals surface area contributed by atoms with E-state index in [4.69, 9.17) is 4.74 Å². The van der Waals surface area contributed by atoms with E-state index in [9.17, 15) is 4.79 Å². The van der Waals surface area contributed by atoms with Gasteiger partial charge in [0.15, 0.2) is 5.66 Å². The van der Waals surface area contributed by atoms with Gasteiger partial charge in [-0.05, 0) is 6.92 Å². The van der Waals surface area contributed by atoms with Crippen molar-refractivity contribution < 1.29 is 9.53 Å². The third kappa shape index (κ3) is 1.92. The Kier molecular flexibility index (Phi) is 2.02. The SMILES string of the molecule is C=C(CC1(C)N=N1)NC1CCOC1=O. The monoisotopic (exact) mass is 195 g/mol. The molecule has 0 bridgehead atoms. The summed E-state index contributed by atoms with van der Waals surface area (Å²) < 4.78 is 4.82. The standard InChI is InChI=1S/C9H13N3O2/c1-6(5-9(2)11-12-9)10-7-3-4-14-8(7)13/h7,10H,1,3-5H2,2H3. The van der Waals surface area contributed by atoms with Crippen LogP contribution in [0.3, 0.4) is 0 Å². The van der Waals surface area contributed by atoms with Crippen LogP contribution in [0, 0.1) is 0 Å². The van der Waals surface area contributed by atoms with Gasteiger partial charge in [-0.25, -0.2) is 4.79 Å². The lowest BCUT2D eigenvalue weighted by molar-refractivity contribution is -0.139. The fraction of sp³-hybridized carbons (Fsp3) is 0.667. The molecular formula is C9H13N3O2. The Morgan fingerprint density at radius 1 is 1.79 bits per heavy atom. The molecule has 0 spiro atoms. The summed E-state index contributed by atoms with van der Waals surface area (Å²) in [6, 6.07) is -0.232. The molecule has 14 heavy (non-hydrogen) atoms. The van der Waals surface area contributed by atoms with Gasteiger partial charge in [0.2, 0.25) is 0 Å². The number of nitrogens with zero attached hydrogens (tertiary/aromatic N) is 2. The van der Waals surface area contributed by atoms with E-state index in [-0.39, 0.29) is 17.7 Å². The van der Waals surface area contributed by atoms with E-state index in [1.54, 1.807) is 0 Å². The molecule has 0 aromatic carbocycles. The van der Waals surface area contributed by atoms with Crippen LogP contribution in [-0.4, -0.2) is 24.3 Å². The van der Waals surface area contributed by atoms with Crippen LogP contribution in [0.2, 0.25) is 0 Å². The molecule has 0 radical (unpaired) electrons. The van der Waals surface area contributed by atoms with E-state index in [0.717, 1.165) is 5.70 Å². The first-order chi connectivity index (χ1) is 6.59. The molecule has 1 fully saturated rings. The molecule has 2 rings (SSSR count). The lowest BCUT2D eigenvalue weighted by atomic mass is 10.1. The number of esters is 1. The summed E-state index contributed by atoms with van der Waals surface area (Å²) in [6.45, 7) is 6.26. The third-order valence-corrected chi connectivity index (χ3v) is 2.30. The normalized spacial score (nSPS) is 27.2. The molecule has 2 aliphatic rings. The lowest BCUT2D eigenvalue weighted by Gasteiger charge is -2.13. The van der Waals surface area contributed by atoms with Crippen LogP contribution in [0.4, 0.5) is 0 Å². The van der Waals surface area contributed by atoms with E-state index in [0.29, 0.717) is 19.4 Å². The Labute approximate surface area is 82.2 Å². The second kappa shape index (κ2) is 3.08. The van der Waals surface area contributed by atoms with Crippen LogP contribution in [0.1, 0.15) is 19.8 Å². The molecule has 76 valence electrons. The van der Waals surface area contributed by atoms with E-state index >= 15 is 0 Å². The molecule has 0 amide bonds. The predicted molar refractivity (Wildman–Crippen MR) is 49.5 cm³/mol. The summed E-state index contributed by atoms with van der Waals surface area (Å²) in [5.74, 6) is -0.194. The highest BCUT2D eigenvalue weighted by atomic mass is 16.5. The average Bonchev–Trinajstić information content (AvgIpc) is 2.67. The van der Waals surface area contributed by atoms with E-state index in [1.165, 1.54) is 0 Å². The Hall–Kier alpha value is -1.39. The average molecular weight is 195 g/mol. The molecule has 2 aliphatic heterocycles. The molecule has 1 unspecified atom stereocenters. The number of cyclic esters (lactones) is 1. The summed E-state index contributed by atoms with van der Waals surface area (Å²) in [6.07, 6.45) is 1.36. The molecule has 1 N–H and O–H groups in total. The van der Waals surface area contributed by atoms with Gasteiger partial charge >= 0.3 is 5.97 Å². The van der Waals surface area contributed by atoms with Crippen LogP contribution >= 0.6 is 0 Å². The number of rotatable bonds is 4. The quantitative estimate of drug-likeness (QED) is 0.680. The first-order valence-electron chi connectivity index (χ1n) is 4.64. The van der Waals surface area contributed by atoms with Crippen molar-refractivity contribution in [2.75, 3.05) is 6.61 Å². The predicted octanol–water partition coefficient (Wildman–Crippen LogP) is 0.977. The Morgan fingerprint density at radius 3 is 3.00 bits per heavy atom. The van der Waals surface area contributed by atoms with Gasteiger partial charge in [-0.3, -0.25) is 0 Å². The lowest BCUT2D eigenvalue weighted by Crippen LogP contribution is -2.33. The highest BCUT2D eigenvalue weighted by Gasteiger charge is 2.35. The molecule has 5 heteroatoms. The highest BCUT2D eigenvalue weighted by Crippen LogP contribution is 2.32. The van der Waals surface area contributed by atoms with Gasteiger partial charge in [-0.15, -0.1) is 0 Å². The van der Waals surface area contributed by atoms with Gasteiger partial charge in [0, 0.05) is 18.5 Å². The van der Waals surface area contributed by atoms with E-state index in [2.05, 4.69) is 22.1 Å². The van der Waals surface area contributed by atoms with Crippen molar-refractivity contribution in [1.29, 1.82) is 0 Å². The zero-order chi connectivity index (χ0) is 10.2. The van der Waals surface area contributed by atoms with Crippen molar-refractivity contribution in [1.82, 2.24) is 5.32 Å². The number of hydrogen-bond donors (Lipinski definition) is 1. The van der Waals surface area contributed by atoms with Crippen molar-refractivity contribution >= 4 is 5.97 Å². The van der Waals surface area contributed by atoms with Crippen LogP contribution in [-0.2, 0) is 9.53 Å². The first kappa shape index (κ1) is 9.18. The summed E-state index contributed by atoms with van der Waals surface area (Å²) in [5.41, 5.74) is 0.494. The molecule has 1 saturated heterocycles. The number of hydrogen-bond acceptors (Lipinski definition) is 5. The van der Waals surface area contributed by atoms with Crippen molar-refractivity contribution in [3.8, 4) is 0 Å². The summed E-state index contributed by atoms with van der Waals surface area (Å²) in [5, 5.41) is 10.8. The Balaban J connectivity index is 1.79. The smallest absolute Gasteiger partial charge is 0.328 e. The van der Waals surface area contributed by atoms with Gasteiger partial charge in [0.1, 0.15) is 6.04 Å². The minimum absolute atomic E-state index is 0.194. The van der Waals surface area contributed by atoms with Crippen molar-refractivity contribution in [3.63, 3.8) is 0 Å². The van der Waals surface area contributed by atoms with Gasteiger partial charge in [-0.1, -0.05) is 6.58 Å². The topological polar surface area (TPSA) is 63.1 Å². The third-order valence-electron chi connectivity index (χ3n) is 2.30. The number of carbonyl (C=O) groups is 1. The largest absolute Gasteiger partial charge is 0.464 e. The fourth-order valence-corrected chi connectivity index (χ4v) is 1.48. The second-order valence-electron chi connectivity index (χ2n) is 3.85. The minimum atomic E-state index is -0.299. The molecular weight excluding hydrogens is 182 g/mol. The second-order valence-corrected chi connectivity index (χ2v) is 3.85. The molecule has 2 heterocycles. The molecule has 0 aromatic rings. The van der Waals surface area contributed by atoms with Crippen LogP contribution in [0.15, 0.2) is 22.5 Å². The summed E-state index contributed by atoms with van der Waals surface area (Å²) in [4.78, 5) is 11.1. The van der Waals surface area contributed by atoms with Crippen LogP contribution in [0.25, 0.3) is 0 Å². The van der Waals surface area contributed by atoms with Crippen molar-refractivity contribution in [2.45, 2.75) is 31.5 Å².